The zero-order valence-electron chi connectivity index (χ0n) is 11.4. The molecule has 4 aliphatic carbocycles. The molecule has 1 amide bonds. The summed E-state index contributed by atoms with van der Waals surface area (Å²) in [5.41, 5.74) is 1.38. The SMILES string of the molecule is CC1=C(C#N)C(=O)N(C2C3CC4CC(C3)CC2C4)C1. The van der Waals surface area contributed by atoms with Gasteiger partial charge in [0.15, 0.2) is 0 Å². The first-order valence-electron chi connectivity index (χ1n) is 7.58. The Morgan fingerprint density at radius 3 is 2.16 bits per heavy atom. The molecule has 0 radical (unpaired) electrons. The second kappa shape index (κ2) is 3.85. The molecule has 0 aromatic rings. The molecule has 0 spiro atoms. The van der Waals surface area contributed by atoms with E-state index < -0.39 is 0 Å². The molecule has 1 heterocycles. The fraction of sp³-hybridized carbons (Fsp3) is 0.750. The van der Waals surface area contributed by atoms with Gasteiger partial charge in [0.05, 0.1) is 0 Å². The minimum atomic E-state index is 0.0115. The summed E-state index contributed by atoms with van der Waals surface area (Å²) in [6, 6.07) is 2.54. The Kier molecular flexibility index (Phi) is 2.33. The predicted molar refractivity (Wildman–Crippen MR) is 70.9 cm³/mol. The van der Waals surface area contributed by atoms with Crippen LogP contribution in [0.4, 0.5) is 0 Å². The van der Waals surface area contributed by atoms with Gasteiger partial charge in [0, 0.05) is 12.6 Å². The van der Waals surface area contributed by atoms with Crippen LogP contribution in [0.15, 0.2) is 11.1 Å². The van der Waals surface area contributed by atoms with Crippen LogP contribution in [-0.2, 0) is 4.79 Å². The Morgan fingerprint density at radius 1 is 1.11 bits per heavy atom. The zero-order valence-corrected chi connectivity index (χ0v) is 11.4. The summed E-state index contributed by atoms with van der Waals surface area (Å²) in [5.74, 6) is 3.30. The molecule has 0 saturated heterocycles. The monoisotopic (exact) mass is 256 g/mol. The van der Waals surface area contributed by atoms with Crippen molar-refractivity contribution in [1.29, 1.82) is 5.26 Å². The molecule has 0 aromatic carbocycles. The van der Waals surface area contributed by atoms with Crippen molar-refractivity contribution in [3.63, 3.8) is 0 Å². The van der Waals surface area contributed by atoms with Gasteiger partial charge < -0.3 is 4.90 Å². The van der Waals surface area contributed by atoms with Crippen molar-refractivity contribution in [2.75, 3.05) is 6.54 Å². The molecule has 4 fully saturated rings. The molecule has 0 atom stereocenters. The van der Waals surface area contributed by atoms with E-state index in [1.165, 1.54) is 32.1 Å². The van der Waals surface area contributed by atoms with E-state index in [1.807, 2.05) is 11.8 Å². The normalized spacial score (nSPS) is 44.1. The van der Waals surface area contributed by atoms with E-state index >= 15 is 0 Å². The minimum Gasteiger partial charge on any atom is -0.330 e. The highest BCUT2D eigenvalue weighted by atomic mass is 16.2. The highest BCUT2D eigenvalue weighted by molar-refractivity contribution is 6.00. The van der Waals surface area contributed by atoms with Crippen LogP contribution in [0.5, 0.6) is 0 Å². The van der Waals surface area contributed by atoms with Crippen molar-refractivity contribution in [3.8, 4) is 6.07 Å². The lowest BCUT2D eigenvalue weighted by molar-refractivity contribution is -0.136. The molecule has 0 aromatic heterocycles. The van der Waals surface area contributed by atoms with E-state index in [1.54, 1.807) is 0 Å². The van der Waals surface area contributed by atoms with Gasteiger partial charge in [-0.2, -0.15) is 5.26 Å². The topological polar surface area (TPSA) is 44.1 Å². The largest absolute Gasteiger partial charge is 0.330 e. The zero-order chi connectivity index (χ0) is 13.1. The lowest BCUT2D eigenvalue weighted by Crippen LogP contribution is -2.56. The van der Waals surface area contributed by atoms with E-state index in [0.717, 1.165) is 17.4 Å². The summed E-state index contributed by atoms with van der Waals surface area (Å²) in [6.45, 7) is 2.64. The molecule has 4 saturated carbocycles. The Balaban J connectivity index is 1.62. The fourth-order valence-electron chi connectivity index (χ4n) is 5.52. The van der Waals surface area contributed by atoms with Crippen molar-refractivity contribution >= 4 is 5.91 Å². The van der Waals surface area contributed by atoms with Gasteiger partial charge in [0.25, 0.3) is 5.91 Å². The van der Waals surface area contributed by atoms with Crippen molar-refractivity contribution < 1.29 is 4.79 Å². The standard InChI is InChI=1S/C16H20N2O/c1-9-8-18(16(19)14(9)7-17)15-12-3-10-2-11(5-12)6-13(15)4-10/h10-13,15H,2-6,8H2,1H3. The predicted octanol–water partition coefficient (Wildman–Crippen LogP) is 2.49. The quantitative estimate of drug-likeness (QED) is 0.723. The van der Waals surface area contributed by atoms with Crippen molar-refractivity contribution in [1.82, 2.24) is 4.90 Å². The lowest BCUT2D eigenvalue weighted by atomic mass is 9.54. The van der Waals surface area contributed by atoms with E-state index in [0.29, 0.717) is 30.0 Å². The first-order chi connectivity index (χ1) is 9.17. The number of amides is 1. The molecule has 0 N–H and O–H groups in total. The molecular weight excluding hydrogens is 236 g/mol. The molecule has 1 aliphatic heterocycles. The Bertz CT molecular complexity index is 485. The van der Waals surface area contributed by atoms with Gasteiger partial charge in [-0.05, 0) is 68.3 Å². The highest BCUT2D eigenvalue weighted by Crippen LogP contribution is 2.55. The van der Waals surface area contributed by atoms with Gasteiger partial charge in [-0.25, -0.2) is 0 Å². The van der Waals surface area contributed by atoms with Crippen LogP contribution in [0.25, 0.3) is 0 Å². The number of hydrogen-bond acceptors (Lipinski definition) is 2. The third-order valence-corrected chi connectivity index (χ3v) is 5.96. The van der Waals surface area contributed by atoms with Crippen LogP contribution < -0.4 is 0 Å². The van der Waals surface area contributed by atoms with Crippen LogP contribution in [0.1, 0.15) is 39.0 Å². The van der Waals surface area contributed by atoms with E-state index in [2.05, 4.69) is 6.07 Å². The number of nitriles is 1. The lowest BCUT2D eigenvalue weighted by Gasteiger charge is -2.56. The van der Waals surface area contributed by atoms with Gasteiger partial charge in [0.1, 0.15) is 11.6 Å². The first kappa shape index (κ1) is 11.5. The number of carbonyl (C=O) groups excluding carboxylic acids is 1. The molecule has 3 heteroatoms. The molecule has 3 nitrogen and oxygen atoms in total. The smallest absolute Gasteiger partial charge is 0.265 e. The summed E-state index contributed by atoms with van der Waals surface area (Å²) in [5, 5.41) is 9.12. The third kappa shape index (κ3) is 1.52. The van der Waals surface area contributed by atoms with Gasteiger partial charge in [-0.1, -0.05) is 0 Å². The third-order valence-electron chi connectivity index (χ3n) is 5.96. The Labute approximate surface area is 114 Å². The molecule has 19 heavy (non-hydrogen) atoms. The van der Waals surface area contributed by atoms with Crippen molar-refractivity contribution in [2.45, 2.75) is 45.1 Å². The molecule has 100 valence electrons. The summed E-state index contributed by atoms with van der Waals surface area (Å²) in [7, 11) is 0. The number of nitrogens with zero attached hydrogens (tertiary/aromatic N) is 2. The van der Waals surface area contributed by atoms with Crippen LogP contribution in [0.3, 0.4) is 0 Å². The fourth-order valence-corrected chi connectivity index (χ4v) is 5.52. The van der Waals surface area contributed by atoms with Crippen molar-refractivity contribution in [2.24, 2.45) is 23.7 Å². The van der Waals surface area contributed by atoms with Gasteiger partial charge in [0.2, 0.25) is 0 Å². The Morgan fingerprint density at radius 2 is 1.68 bits per heavy atom. The maximum absolute atomic E-state index is 12.4. The van der Waals surface area contributed by atoms with E-state index in [9.17, 15) is 4.79 Å². The maximum atomic E-state index is 12.4. The van der Waals surface area contributed by atoms with Crippen LogP contribution in [-0.4, -0.2) is 23.4 Å². The van der Waals surface area contributed by atoms with Gasteiger partial charge >= 0.3 is 0 Å². The second-order valence-corrected chi connectivity index (χ2v) is 7.12. The minimum absolute atomic E-state index is 0.0115. The van der Waals surface area contributed by atoms with Gasteiger partial charge in [-0.15, -0.1) is 0 Å². The number of hydrogen-bond donors (Lipinski definition) is 0. The highest BCUT2D eigenvalue weighted by Gasteiger charge is 2.52. The summed E-state index contributed by atoms with van der Waals surface area (Å²) < 4.78 is 0. The summed E-state index contributed by atoms with van der Waals surface area (Å²) in [4.78, 5) is 14.5. The summed E-state index contributed by atoms with van der Waals surface area (Å²) >= 11 is 0. The first-order valence-corrected chi connectivity index (χ1v) is 7.58. The second-order valence-electron chi connectivity index (χ2n) is 7.12. The van der Waals surface area contributed by atoms with Crippen LogP contribution in [0.2, 0.25) is 0 Å². The summed E-state index contributed by atoms with van der Waals surface area (Å²) in [6.07, 6.45) is 6.73. The number of carbonyl (C=O) groups is 1. The molecule has 5 rings (SSSR count). The average Bonchev–Trinajstić information content (AvgIpc) is 2.63. The molecule has 5 aliphatic rings. The molecule has 0 unspecified atom stereocenters. The van der Waals surface area contributed by atoms with Crippen molar-refractivity contribution in [3.05, 3.63) is 11.1 Å². The van der Waals surface area contributed by atoms with Crippen LogP contribution >= 0.6 is 0 Å². The average molecular weight is 256 g/mol. The van der Waals surface area contributed by atoms with Gasteiger partial charge in [-0.3, -0.25) is 4.79 Å². The maximum Gasteiger partial charge on any atom is 0.265 e. The number of rotatable bonds is 1. The van der Waals surface area contributed by atoms with E-state index in [4.69, 9.17) is 5.26 Å². The van der Waals surface area contributed by atoms with E-state index in [-0.39, 0.29) is 5.91 Å². The molecular formula is C16H20N2O. The van der Waals surface area contributed by atoms with Crippen LogP contribution in [0, 0.1) is 35.0 Å². The Hall–Kier alpha value is -1.30. The molecule has 4 bridgehead atoms.